The van der Waals surface area contributed by atoms with Gasteiger partial charge in [0, 0.05) is 19.3 Å². The molecule has 100 valence electrons. The fourth-order valence-electron chi connectivity index (χ4n) is 1.68. The molecule has 0 amide bonds. The zero-order valence-electron chi connectivity index (χ0n) is 11.5. The molecule has 0 aliphatic carbocycles. The molecule has 0 aromatic carbocycles. The molecule has 0 rings (SSSR count). The third-order valence-electron chi connectivity index (χ3n) is 2.38. The van der Waals surface area contributed by atoms with Crippen molar-refractivity contribution in [2.24, 2.45) is 0 Å². The number of hydrogen-bond acceptors (Lipinski definition) is 4. The van der Waals surface area contributed by atoms with Gasteiger partial charge >= 0.3 is 14.5 Å². The van der Waals surface area contributed by atoms with Crippen LogP contribution in [0.2, 0.25) is 6.55 Å². The molecule has 0 saturated heterocycles. The Kier molecular flexibility index (Phi) is 8.12. The third-order valence-corrected chi connectivity index (χ3v) is 5.80. The molecule has 0 bridgehead atoms. The smallest absolute Gasteiger partial charge is 0.377 e. The van der Waals surface area contributed by atoms with Crippen molar-refractivity contribution >= 4 is 14.5 Å². The first-order chi connectivity index (χ1) is 8.03. The predicted octanol–water partition coefficient (Wildman–Crippen LogP) is 2.57. The van der Waals surface area contributed by atoms with E-state index in [-0.39, 0.29) is 11.7 Å². The van der Waals surface area contributed by atoms with Crippen molar-refractivity contribution in [2.45, 2.75) is 46.4 Å². The summed E-state index contributed by atoms with van der Waals surface area (Å²) in [6.07, 6.45) is 3.77. The molecule has 1 atom stereocenters. The van der Waals surface area contributed by atoms with Gasteiger partial charge in [0.2, 0.25) is 0 Å². The quantitative estimate of drug-likeness (QED) is 0.382. The van der Waals surface area contributed by atoms with Crippen molar-refractivity contribution in [3.8, 4) is 0 Å². The first-order valence-corrected chi connectivity index (χ1v) is 8.54. The normalized spacial score (nSPS) is 13.9. The monoisotopic (exact) mass is 260 g/mol. The van der Waals surface area contributed by atoms with Crippen molar-refractivity contribution in [1.29, 1.82) is 0 Å². The lowest BCUT2D eigenvalue weighted by Crippen LogP contribution is -2.52. The molecule has 0 fully saturated rings. The van der Waals surface area contributed by atoms with Crippen LogP contribution in [0.4, 0.5) is 0 Å². The van der Waals surface area contributed by atoms with Gasteiger partial charge in [0.05, 0.1) is 0 Å². The van der Waals surface area contributed by atoms with Crippen LogP contribution in [0.1, 0.15) is 34.1 Å². The highest BCUT2D eigenvalue weighted by Gasteiger charge is 2.42. The molecule has 0 saturated carbocycles. The topological polar surface area (TPSA) is 44.8 Å². The standard InChI is InChI=1S/C12H24O4Si/c1-6-10-11(13)16-12(7-2)17(5,14-8-3)15-9-4/h6,10,12H,7-9H2,1-5H3/b10-6+. The second-order valence-electron chi connectivity index (χ2n) is 3.72. The van der Waals surface area contributed by atoms with Crippen LogP contribution in [-0.4, -0.2) is 33.5 Å². The molecule has 0 radical (unpaired) electrons. The number of hydrogen-bond donors (Lipinski definition) is 0. The summed E-state index contributed by atoms with van der Waals surface area (Å²) in [5.74, 6) is -0.336. The Morgan fingerprint density at radius 3 is 2.12 bits per heavy atom. The van der Waals surface area contributed by atoms with Gasteiger partial charge in [0.15, 0.2) is 0 Å². The van der Waals surface area contributed by atoms with Crippen LogP contribution >= 0.6 is 0 Å². The van der Waals surface area contributed by atoms with Crippen molar-refractivity contribution in [3.63, 3.8) is 0 Å². The van der Waals surface area contributed by atoms with Crippen molar-refractivity contribution in [1.82, 2.24) is 0 Å². The molecule has 1 unspecified atom stereocenters. The lowest BCUT2D eigenvalue weighted by Gasteiger charge is -2.32. The van der Waals surface area contributed by atoms with E-state index >= 15 is 0 Å². The maximum Gasteiger partial charge on any atom is 0.377 e. The Morgan fingerprint density at radius 1 is 1.24 bits per heavy atom. The maximum atomic E-state index is 11.5. The van der Waals surface area contributed by atoms with E-state index in [9.17, 15) is 4.79 Å². The minimum Gasteiger partial charge on any atom is -0.457 e. The number of rotatable bonds is 8. The van der Waals surface area contributed by atoms with Crippen molar-refractivity contribution in [2.75, 3.05) is 13.2 Å². The summed E-state index contributed by atoms with van der Waals surface area (Å²) in [6.45, 7) is 10.7. The van der Waals surface area contributed by atoms with Crippen LogP contribution in [0.3, 0.4) is 0 Å². The van der Waals surface area contributed by atoms with Crippen LogP contribution in [0.5, 0.6) is 0 Å². The van der Waals surface area contributed by atoms with Crippen molar-refractivity contribution in [3.05, 3.63) is 12.2 Å². The largest absolute Gasteiger partial charge is 0.457 e. The van der Waals surface area contributed by atoms with E-state index in [1.54, 1.807) is 13.0 Å². The summed E-state index contributed by atoms with van der Waals surface area (Å²) >= 11 is 0. The highest BCUT2D eigenvalue weighted by atomic mass is 28.4. The average Bonchev–Trinajstić information content (AvgIpc) is 2.26. The summed E-state index contributed by atoms with van der Waals surface area (Å²) in [7, 11) is -2.45. The molecule has 0 aromatic heterocycles. The van der Waals surface area contributed by atoms with E-state index < -0.39 is 8.56 Å². The van der Waals surface area contributed by atoms with Gasteiger partial charge in [-0.1, -0.05) is 13.0 Å². The lowest BCUT2D eigenvalue weighted by atomic mass is 10.5. The zero-order chi connectivity index (χ0) is 13.3. The van der Waals surface area contributed by atoms with E-state index in [1.165, 1.54) is 6.08 Å². The molecule has 17 heavy (non-hydrogen) atoms. The van der Waals surface area contributed by atoms with E-state index in [0.29, 0.717) is 19.6 Å². The highest BCUT2D eigenvalue weighted by Crippen LogP contribution is 2.19. The number of carbonyl (C=O) groups excluding carboxylic acids is 1. The van der Waals surface area contributed by atoms with Crippen LogP contribution < -0.4 is 0 Å². The second-order valence-corrected chi connectivity index (χ2v) is 6.97. The van der Waals surface area contributed by atoms with E-state index in [0.717, 1.165) is 0 Å². The van der Waals surface area contributed by atoms with E-state index in [2.05, 4.69) is 0 Å². The Balaban J connectivity index is 4.71. The molecule has 0 spiro atoms. The molecule has 5 heteroatoms. The number of ether oxygens (including phenoxy) is 1. The lowest BCUT2D eigenvalue weighted by molar-refractivity contribution is -0.141. The molecular formula is C12H24O4Si. The Morgan fingerprint density at radius 2 is 1.76 bits per heavy atom. The molecule has 0 heterocycles. The predicted molar refractivity (Wildman–Crippen MR) is 69.9 cm³/mol. The molecular weight excluding hydrogens is 236 g/mol. The molecule has 4 nitrogen and oxygen atoms in total. The van der Waals surface area contributed by atoms with Gasteiger partial charge in [-0.25, -0.2) is 4.79 Å². The third kappa shape index (κ3) is 5.47. The van der Waals surface area contributed by atoms with Gasteiger partial charge in [-0.2, -0.15) is 0 Å². The van der Waals surface area contributed by atoms with Gasteiger partial charge in [-0.15, -0.1) is 0 Å². The summed E-state index contributed by atoms with van der Waals surface area (Å²) in [6, 6.07) is 0. The fourth-order valence-corrected chi connectivity index (χ4v) is 4.35. The van der Waals surface area contributed by atoms with Gasteiger partial charge in [-0.3, -0.25) is 0 Å². The molecule has 0 aliphatic heterocycles. The number of allylic oxidation sites excluding steroid dienone is 1. The Labute approximate surface area is 105 Å². The SMILES string of the molecule is C/C=C/C(=O)OC(CC)[Si](C)(OCC)OCC. The van der Waals surface area contributed by atoms with Crippen LogP contribution in [0.25, 0.3) is 0 Å². The van der Waals surface area contributed by atoms with Crippen LogP contribution in [0, 0.1) is 0 Å². The second kappa shape index (κ2) is 8.44. The average molecular weight is 260 g/mol. The maximum absolute atomic E-state index is 11.5. The Bertz CT molecular complexity index is 247. The minimum absolute atomic E-state index is 0.272. The minimum atomic E-state index is -2.45. The number of carbonyl (C=O) groups is 1. The summed E-state index contributed by atoms with van der Waals surface area (Å²) < 4.78 is 16.8. The van der Waals surface area contributed by atoms with Crippen LogP contribution in [0.15, 0.2) is 12.2 Å². The zero-order valence-corrected chi connectivity index (χ0v) is 12.5. The molecule has 0 aliphatic rings. The molecule has 0 N–H and O–H groups in total. The van der Waals surface area contributed by atoms with Gasteiger partial charge in [0.25, 0.3) is 0 Å². The van der Waals surface area contributed by atoms with Gasteiger partial charge in [0.1, 0.15) is 5.73 Å². The van der Waals surface area contributed by atoms with Crippen molar-refractivity contribution < 1.29 is 18.4 Å². The van der Waals surface area contributed by atoms with Crippen LogP contribution in [-0.2, 0) is 18.4 Å². The fraction of sp³-hybridized carbons (Fsp3) is 0.750. The van der Waals surface area contributed by atoms with Gasteiger partial charge in [-0.05, 0) is 33.7 Å². The summed E-state index contributed by atoms with van der Waals surface area (Å²) in [5.41, 5.74) is -0.272. The Hall–Kier alpha value is -0.653. The summed E-state index contributed by atoms with van der Waals surface area (Å²) in [4.78, 5) is 11.5. The van der Waals surface area contributed by atoms with E-state index in [1.807, 2.05) is 27.3 Å². The first-order valence-electron chi connectivity index (χ1n) is 6.15. The van der Waals surface area contributed by atoms with Gasteiger partial charge < -0.3 is 13.6 Å². The first kappa shape index (κ1) is 16.3. The molecule has 0 aromatic rings. The summed E-state index contributed by atoms with van der Waals surface area (Å²) in [5, 5.41) is 0. The highest BCUT2D eigenvalue weighted by molar-refractivity contribution is 6.67. The number of esters is 1. The van der Waals surface area contributed by atoms with E-state index in [4.69, 9.17) is 13.6 Å².